The topological polar surface area (TPSA) is 68.9 Å². The van der Waals surface area contributed by atoms with E-state index in [-0.39, 0.29) is 11.7 Å². The van der Waals surface area contributed by atoms with E-state index in [0.29, 0.717) is 26.0 Å². The summed E-state index contributed by atoms with van der Waals surface area (Å²) in [5, 5.41) is 5.11. The Morgan fingerprint density at radius 3 is 2.76 bits per heavy atom. The molecule has 0 amide bonds. The van der Waals surface area contributed by atoms with Gasteiger partial charge in [0.25, 0.3) is 0 Å². The molecule has 2 aromatic rings. The number of nitrogens with one attached hydrogen (secondary N) is 1. The van der Waals surface area contributed by atoms with Gasteiger partial charge in [-0.05, 0) is 58.0 Å². The van der Waals surface area contributed by atoms with Crippen molar-refractivity contribution in [3.05, 3.63) is 56.0 Å². The van der Waals surface area contributed by atoms with E-state index in [4.69, 9.17) is 38.4 Å². The Balaban J connectivity index is 2.19. The molecule has 5 nitrogen and oxygen atoms in total. The van der Waals surface area contributed by atoms with E-state index >= 15 is 0 Å². The fourth-order valence-electron chi connectivity index (χ4n) is 1.91. The van der Waals surface area contributed by atoms with Crippen molar-refractivity contribution in [2.75, 3.05) is 7.11 Å². The summed E-state index contributed by atoms with van der Waals surface area (Å²) in [6, 6.07) is 8.84. The molecule has 0 aliphatic carbocycles. The monoisotopic (exact) mass is 461 g/mol. The summed E-state index contributed by atoms with van der Waals surface area (Å²) in [7, 11) is 1.55. The van der Waals surface area contributed by atoms with Gasteiger partial charge in [0.2, 0.25) is 0 Å². The third-order valence-electron chi connectivity index (χ3n) is 3.03. The van der Waals surface area contributed by atoms with Gasteiger partial charge in [0.05, 0.1) is 17.8 Å². The van der Waals surface area contributed by atoms with Gasteiger partial charge in [-0.3, -0.25) is 5.43 Å². The van der Waals surface area contributed by atoms with E-state index in [1.54, 1.807) is 31.5 Å². The van der Waals surface area contributed by atoms with Crippen molar-refractivity contribution in [1.82, 2.24) is 5.43 Å². The molecule has 0 radical (unpaired) electrons. The summed E-state index contributed by atoms with van der Waals surface area (Å²) in [5.41, 5.74) is 9.38. The maximum Gasteiger partial charge on any atom is 0.184 e. The van der Waals surface area contributed by atoms with Crippen LogP contribution in [0.2, 0.25) is 10.0 Å². The van der Waals surface area contributed by atoms with Gasteiger partial charge in [-0.25, -0.2) is 0 Å². The Kier molecular flexibility index (Phi) is 7.31. The van der Waals surface area contributed by atoms with Gasteiger partial charge in [0.1, 0.15) is 6.61 Å². The van der Waals surface area contributed by atoms with Crippen LogP contribution in [0.1, 0.15) is 11.1 Å². The first-order valence-electron chi connectivity index (χ1n) is 6.93. The van der Waals surface area contributed by atoms with Crippen LogP contribution in [0.25, 0.3) is 0 Å². The quantitative estimate of drug-likeness (QED) is 0.375. The molecule has 0 heterocycles. The SMILES string of the molecule is COc1cc(/C=N\NC(N)=S)cc(Br)c1OCc1ccc(Cl)cc1Cl. The van der Waals surface area contributed by atoms with Crippen LogP contribution in [0.4, 0.5) is 0 Å². The van der Waals surface area contributed by atoms with Gasteiger partial charge >= 0.3 is 0 Å². The van der Waals surface area contributed by atoms with Crippen LogP contribution in [-0.2, 0) is 6.61 Å². The van der Waals surface area contributed by atoms with Crippen molar-refractivity contribution >= 4 is 62.7 Å². The van der Waals surface area contributed by atoms with Crippen molar-refractivity contribution in [3.63, 3.8) is 0 Å². The van der Waals surface area contributed by atoms with Gasteiger partial charge in [0, 0.05) is 15.6 Å². The maximum atomic E-state index is 6.16. The molecule has 0 saturated carbocycles. The molecule has 132 valence electrons. The van der Waals surface area contributed by atoms with Crippen molar-refractivity contribution in [2.24, 2.45) is 10.8 Å². The maximum absolute atomic E-state index is 6.16. The zero-order valence-corrected chi connectivity index (χ0v) is 17.0. The van der Waals surface area contributed by atoms with E-state index in [1.807, 2.05) is 12.1 Å². The molecule has 0 aromatic heterocycles. The highest BCUT2D eigenvalue weighted by Gasteiger charge is 2.12. The second-order valence-corrected chi connectivity index (χ2v) is 6.93. The molecule has 0 bridgehead atoms. The molecule has 0 unspecified atom stereocenters. The van der Waals surface area contributed by atoms with Crippen molar-refractivity contribution in [1.29, 1.82) is 0 Å². The lowest BCUT2D eigenvalue weighted by Crippen LogP contribution is -2.23. The molecule has 0 aliphatic rings. The number of methoxy groups -OCH3 is 1. The molecule has 9 heteroatoms. The van der Waals surface area contributed by atoms with Gasteiger partial charge in [-0.15, -0.1) is 0 Å². The number of thiocarbonyl (C=S) groups is 1. The van der Waals surface area contributed by atoms with Gasteiger partial charge < -0.3 is 15.2 Å². The van der Waals surface area contributed by atoms with E-state index in [2.05, 4.69) is 38.7 Å². The van der Waals surface area contributed by atoms with Crippen LogP contribution in [-0.4, -0.2) is 18.4 Å². The summed E-state index contributed by atoms with van der Waals surface area (Å²) < 4.78 is 12.0. The minimum Gasteiger partial charge on any atom is -0.493 e. The second-order valence-electron chi connectivity index (χ2n) is 4.79. The van der Waals surface area contributed by atoms with Crippen LogP contribution in [0.15, 0.2) is 39.9 Å². The molecule has 0 spiro atoms. The molecule has 0 aliphatic heterocycles. The van der Waals surface area contributed by atoms with Gasteiger partial charge in [-0.2, -0.15) is 5.10 Å². The van der Waals surface area contributed by atoms with Crippen LogP contribution in [0.3, 0.4) is 0 Å². The first kappa shape index (κ1) is 19.8. The van der Waals surface area contributed by atoms with E-state index < -0.39 is 0 Å². The number of nitrogens with zero attached hydrogens (tertiary/aromatic N) is 1. The van der Waals surface area contributed by atoms with Crippen molar-refractivity contribution in [3.8, 4) is 11.5 Å². The predicted molar refractivity (Wildman–Crippen MR) is 109 cm³/mol. The van der Waals surface area contributed by atoms with Crippen LogP contribution in [0, 0.1) is 0 Å². The highest BCUT2D eigenvalue weighted by molar-refractivity contribution is 9.10. The van der Waals surface area contributed by atoms with Crippen LogP contribution >= 0.6 is 51.3 Å². The number of halogens is 3. The lowest BCUT2D eigenvalue weighted by atomic mass is 10.2. The number of hydrogen-bond donors (Lipinski definition) is 2. The zero-order chi connectivity index (χ0) is 18.4. The Bertz CT molecular complexity index is 818. The Hall–Kier alpha value is -1.54. The number of benzene rings is 2. The molecule has 0 atom stereocenters. The van der Waals surface area contributed by atoms with E-state index in [9.17, 15) is 0 Å². The third-order valence-corrected chi connectivity index (χ3v) is 4.29. The predicted octanol–water partition coefficient (Wildman–Crippen LogP) is 4.51. The summed E-state index contributed by atoms with van der Waals surface area (Å²) in [6.07, 6.45) is 1.56. The molecule has 3 N–H and O–H groups in total. The van der Waals surface area contributed by atoms with Crippen LogP contribution in [0.5, 0.6) is 11.5 Å². The summed E-state index contributed by atoms with van der Waals surface area (Å²) in [4.78, 5) is 0. The standard InChI is InChI=1S/C16H14BrCl2N3O2S/c1-23-14-5-9(7-21-22-16(20)25)4-12(17)15(14)24-8-10-2-3-11(18)6-13(10)19/h2-7H,8H2,1H3,(H3,20,22,25)/b21-7-. The fourth-order valence-corrected chi connectivity index (χ4v) is 3.00. The Morgan fingerprint density at radius 1 is 1.36 bits per heavy atom. The second kappa shape index (κ2) is 9.24. The number of nitrogens with two attached hydrogens (primary N) is 1. The van der Waals surface area contributed by atoms with Gasteiger partial charge in [-0.1, -0.05) is 29.3 Å². The van der Waals surface area contributed by atoms with Crippen molar-refractivity contribution < 1.29 is 9.47 Å². The lowest BCUT2D eigenvalue weighted by molar-refractivity contribution is 0.282. The van der Waals surface area contributed by atoms with Crippen molar-refractivity contribution in [2.45, 2.75) is 6.61 Å². The van der Waals surface area contributed by atoms with Crippen LogP contribution < -0.4 is 20.6 Å². The molecular weight excluding hydrogens is 449 g/mol. The summed E-state index contributed by atoms with van der Waals surface area (Å²) in [5.74, 6) is 1.09. The smallest absolute Gasteiger partial charge is 0.184 e. The molecule has 2 rings (SSSR count). The van der Waals surface area contributed by atoms with E-state index in [0.717, 1.165) is 11.1 Å². The lowest BCUT2D eigenvalue weighted by Gasteiger charge is -2.14. The average Bonchev–Trinajstić information content (AvgIpc) is 2.54. The summed E-state index contributed by atoms with van der Waals surface area (Å²) in [6.45, 7) is 0.265. The normalized spacial score (nSPS) is 10.7. The minimum atomic E-state index is 0.0853. The molecular formula is C16H14BrCl2N3O2S. The first-order chi connectivity index (χ1) is 11.9. The molecule has 2 aromatic carbocycles. The largest absolute Gasteiger partial charge is 0.493 e. The Morgan fingerprint density at radius 2 is 2.12 bits per heavy atom. The highest BCUT2D eigenvalue weighted by Crippen LogP contribution is 2.37. The number of rotatable bonds is 6. The van der Waals surface area contributed by atoms with E-state index in [1.165, 1.54) is 0 Å². The fraction of sp³-hybridized carbons (Fsp3) is 0.125. The minimum absolute atomic E-state index is 0.0853. The number of hydrazone groups is 1. The average molecular weight is 463 g/mol. The zero-order valence-electron chi connectivity index (χ0n) is 13.1. The molecule has 25 heavy (non-hydrogen) atoms. The number of hydrogen-bond acceptors (Lipinski definition) is 4. The molecule has 0 saturated heterocycles. The molecule has 0 fully saturated rings. The number of ether oxygens (including phenoxy) is 2. The first-order valence-corrected chi connectivity index (χ1v) is 8.89. The van der Waals surface area contributed by atoms with Gasteiger partial charge in [0.15, 0.2) is 16.6 Å². The Labute approximate surface area is 169 Å². The third kappa shape index (κ3) is 5.74. The highest BCUT2D eigenvalue weighted by atomic mass is 79.9. The summed E-state index contributed by atoms with van der Waals surface area (Å²) >= 11 is 20.2.